The minimum Gasteiger partial charge on any atom is -0.550 e. The van der Waals surface area contributed by atoms with Crippen LogP contribution in [0.25, 0.3) is 0 Å². The van der Waals surface area contributed by atoms with E-state index in [1.54, 1.807) is 0 Å². The van der Waals surface area contributed by atoms with Gasteiger partial charge in [-0.15, -0.1) is 0 Å². The highest BCUT2D eigenvalue weighted by Gasteiger charge is 2.35. The maximum absolute atomic E-state index is 12.5. The molecule has 0 aromatic rings. The molecule has 172 valence electrons. The first kappa shape index (κ1) is 27.9. The van der Waals surface area contributed by atoms with Crippen LogP contribution >= 0.6 is 0 Å². The first-order valence-corrected chi connectivity index (χ1v) is 12.3. The lowest BCUT2D eigenvalue weighted by Gasteiger charge is -2.40. The molecule has 0 aromatic carbocycles. The molecule has 0 bridgehead atoms. The van der Waals surface area contributed by atoms with Gasteiger partial charge in [0.05, 0.1) is 0 Å². The number of hydrogen-bond acceptors (Lipinski definition) is 4. The summed E-state index contributed by atoms with van der Waals surface area (Å²) in [4.78, 5) is 23.0. The second-order valence-corrected chi connectivity index (χ2v) is 9.10. The van der Waals surface area contributed by atoms with Crippen LogP contribution in [0.3, 0.4) is 0 Å². The smallest absolute Gasteiger partial charge is 0.0476 e. The molecular formula is C25H46O4-2. The molecule has 4 nitrogen and oxygen atoms in total. The molecule has 2 atom stereocenters. The molecule has 0 aliphatic heterocycles. The van der Waals surface area contributed by atoms with Crippen molar-refractivity contribution in [3.8, 4) is 0 Å². The topological polar surface area (TPSA) is 80.3 Å². The van der Waals surface area contributed by atoms with E-state index in [9.17, 15) is 19.8 Å². The van der Waals surface area contributed by atoms with Gasteiger partial charge in [0.25, 0.3) is 0 Å². The summed E-state index contributed by atoms with van der Waals surface area (Å²) in [5.41, 5.74) is -0.739. The number of carboxylic acid groups (broad SMARTS) is 2. The van der Waals surface area contributed by atoms with Crippen molar-refractivity contribution in [3.05, 3.63) is 0 Å². The van der Waals surface area contributed by atoms with E-state index < -0.39 is 17.4 Å². The molecule has 0 saturated carbocycles. The number of aliphatic carboxylic acids is 2. The van der Waals surface area contributed by atoms with Gasteiger partial charge in [-0.3, -0.25) is 0 Å². The third-order valence-electron chi connectivity index (χ3n) is 6.66. The van der Waals surface area contributed by atoms with Gasteiger partial charge in [-0.25, -0.2) is 0 Å². The molecule has 0 aliphatic carbocycles. The fourth-order valence-electron chi connectivity index (χ4n) is 4.63. The van der Waals surface area contributed by atoms with Crippen LogP contribution in [0.2, 0.25) is 0 Å². The molecule has 0 heterocycles. The Morgan fingerprint density at radius 1 is 0.724 bits per heavy atom. The molecule has 0 saturated heterocycles. The number of carbonyl (C=O) groups is 2. The van der Waals surface area contributed by atoms with Crippen LogP contribution in [-0.4, -0.2) is 11.9 Å². The van der Waals surface area contributed by atoms with Crippen LogP contribution in [0, 0.1) is 17.3 Å². The Labute approximate surface area is 179 Å². The van der Waals surface area contributed by atoms with E-state index in [1.807, 2.05) is 0 Å². The first-order chi connectivity index (χ1) is 13.8. The standard InChI is InChI=1S/C25H48O4/c1-5-9-15-21(7-3)19-25(24(28)29,20-22(8-4)16-10-6-2)18-14-12-11-13-17-23(26)27/h21-22H,5-20H2,1-4H3,(H,26,27)(H,28,29)/p-2. The summed E-state index contributed by atoms with van der Waals surface area (Å²) in [5.74, 6) is -0.987. The molecule has 0 aromatic heterocycles. The SMILES string of the molecule is CCCCC(CC)CC(CCCCCCC(=O)[O-])(CC(CC)CCCC)C(=O)[O-]. The molecule has 0 aliphatic rings. The zero-order valence-corrected chi connectivity index (χ0v) is 19.6. The van der Waals surface area contributed by atoms with E-state index in [4.69, 9.17) is 0 Å². The summed E-state index contributed by atoms with van der Waals surface area (Å²) in [6, 6.07) is 0. The highest BCUT2D eigenvalue weighted by molar-refractivity contribution is 5.72. The summed E-state index contributed by atoms with van der Waals surface area (Å²) in [5, 5.41) is 23.0. The number of carbonyl (C=O) groups excluding carboxylic acids is 2. The molecule has 0 radical (unpaired) electrons. The predicted octanol–water partition coefficient (Wildman–Crippen LogP) is 5.03. The van der Waals surface area contributed by atoms with E-state index in [0.29, 0.717) is 24.7 Å². The number of unbranched alkanes of at least 4 members (excludes halogenated alkanes) is 5. The molecule has 2 unspecified atom stereocenters. The summed E-state index contributed by atoms with van der Waals surface area (Å²) >= 11 is 0. The van der Waals surface area contributed by atoms with E-state index >= 15 is 0 Å². The Kier molecular flexibility index (Phi) is 16.1. The van der Waals surface area contributed by atoms with Crippen LogP contribution in [0.15, 0.2) is 0 Å². The van der Waals surface area contributed by atoms with Crippen molar-refractivity contribution in [1.82, 2.24) is 0 Å². The van der Waals surface area contributed by atoms with Gasteiger partial charge in [-0.2, -0.15) is 0 Å². The van der Waals surface area contributed by atoms with Crippen molar-refractivity contribution < 1.29 is 19.8 Å². The molecule has 0 fully saturated rings. The fraction of sp³-hybridized carbons (Fsp3) is 0.920. The highest BCUT2D eigenvalue weighted by atomic mass is 16.4. The summed E-state index contributed by atoms with van der Waals surface area (Å²) in [6.45, 7) is 8.72. The van der Waals surface area contributed by atoms with E-state index in [2.05, 4.69) is 27.7 Å². The third-order valence-corrected chi connectivity index (χ3v) is 6.66. The van der Waals surface area contributed by atoms with Crippen LogP contribution in [0.4, 0.5) is 0 Å². The second-order valence-electron chi connectivity index (χ2n) is 9.10. The van der Waals surface area contributed by atoms with Crippen molar-refractivity contribution in [2.24, 2.45) is 17.3 Å². The van der Waals surface area contributed by atoms with Gasteiger partial charge < -0.3 is 19.8 Å². The van der Waals surface area contributed by atoms with Gasteiger partial charge in [0.2, 0.25) is 0 Å². The molecule has 29 heavy (non-hydrogen) atoms. The molecule has 0 spiro atoms. The van der Waals surface area contributed by atoms with Crippen LogP contribution < -0.4 is 10.2 Å². The quantitative estimate of drug-likeness (QED) is 0.264. The Bertz CT molecular complexity index is 415. The Hall–Kier alpha value is -1.06. The summed E-state index contributed by atoms with van der Waals surface area (Å²) < 4.78 is 0. The molecule has 4 heteroatoms. The van der Waals surface area contributed by atoms with Crippen LogP contribution in [0.5, 0.6) is 0 Å². The van der Waals surface area contributed by atoms with Crippen molar-refractivity contribution in [2.45, 2.75) is 130 Å². The first-order valence-electron chi connectivity index (χ1n) is 12.3. The van der Waals surface area contributed by atoms with Crippen molar-refractivity contribution in [3.63, 3.8) is 0 Å². The van der Waals surface area contributed by atoms with Gasteiger partial charge >= 0.3 is 0 Å². The number of hydrogen-bond donors (Lipinski definition) is 0. The Balaban J connectivity index is 5.19. The summed E-state index contributed by atoms with van der Waals surface area (Å²) in [6.07, 6.45) is 14.2. The minimum atomic E-state index is -1.00. The normalized spacial score (nSPS) is 15.6. The molecular weight excluding hydrogens is 364 g/mol. The maximum Gasteiger partial charge on any atom is 0.0476 e. The van der Waals surface area contributed by atoms with Crippen LogP contribution in [0.1, 0.15) is 130 Å². The van der Waals surface area contributed by atoms with Gasteiger partial charge in [0.1, 0.15) is 0 Å². The van der Waals surface area contributed by atoms with Crippen LogP contribution in [-0.2, 0) is 9.59 Å². The molecule has 0 N–H and O–H groups in total. The van der Waals surface area contributed by atoms with E-state index in [1.165, 1.54) is 0 Å². The predicted molar refractivity (Wildman–Crippen MR) is 116 cm³/mol. The monoisotopic (exact) mass is 410 g/mol. The third kappa shape index (κ3) is 12.3. The average molecular weight is 411 g/mol. The van der Waals surface area contributed by atoms with Gasteiger partial charge in [0.15, 0.2) is 0 Å². The maximum atomic E-state index is 12.5. The molecule has 0 amide bonds. The zero-order chi connectivity index (χ0) is 22.1. The van der Waals surface area contributed by atoms with Crippen molar-refractivity contribution in [1.29, 1.82) is 0 Å². The van der Waals surface area contributed by atoms with Crippen molar-refractivity contribution in [2.75, 3.05) is 0 Å². The van der Waals surface area contributed by atoms with Gasteiger partial charge in [-0.05, 0) is 43.9 Å². The fourth-order valence-corrected chi connectivity index (χ4v) is 4.63. The van der Waals surface area contributed by atoms with Gasteiger partial charge in [-0.1, -0.05) is 98.3 Å². The summed E-state index contributed by atoms with van der Waals surface area (Å²) in [7, 11) is 0. The van der Waals surface area contributed by atoms with Gasteiger partial charge in [0, 0.05) is 17.4 Å². The average Bonchev–Trinajstić information content (AvgIpc) is 2.69. The highest BCUT2D eigenvalue weighted by Crippen LogP contribution is 2.42. The lowest BCUT2D eigenvalue weighted by Crippen LogP contribution is -2.45. The Morgan fingerprint density at radius 2 is 1.21 bits per heavy atom. The molecule has 0 rings (SSSR count). The number of carboxylic acids is 2. The zero-order valence-electron chi connectivity index (χ0n) is 19.6. The lowest BCUT2D eigenvalue weighted by atomic mass is 9.67. The van der Waals surface area contributed by atoms with E-state index in [-0.39, 0.29) is 6.42 Å². The number of rotatable bonds is 20. The lowest BCUT2D eigenvalue weighted by molar-refractivity contribution is -0.322. The van der Waals surface area contributed by atoms with Crippen molar-refractivity contribution >= 4 is 11.9 Å². The van der Waals surface area contributed by atoms with E-state index in [0.717, 1.165) is 83.5 Å². The minimum absolute atomic E-state index is 0.0927. The largest absolute Gasteiger partial charge is 0.550 e. The Morgan fingerprint density at radius 3 is 1.59 bits per heavy atom. The second kappa shape index (κ2) is 16.7.